The molecule has 1 aliphatic carbocycles. The molecule has 9 nitrogen and oxygen atoms in total. The minimum absolute atomic E-state index is 0.136. The van der Waals surface area contributed by atoms with Crippen molar-refractivity contribution in [2.75, 3.05) is 17.7 Å². The molecule has 0 saturated heterocycles. The fourth-order valence-electron chi connectivity index (χ4n) is 4.26. The van der Waals surface area contributed by atoms with E-state index in [9.17, 15) is 9.18 Å². The van der Waals surface area contributed by atoms with E-state index < -0.39 is 11.7 Å². The Morgan fingerprint density at radius 3 is 2.79 bits per heavy atom. The molecule has 3 N–H and O–H groups in total. The Balaban J connectivity index is 1.42. The van der Waals surface area contributed by atoms with Crippen molar-refractivity contribution in [1.82, 2.24) is 24.9 Å². The largest absolute Gasteiger partial charge is 0.495 e. The summed E-state index contributed by atoms with van der Waals surface area (Å²) >= 11 is 0. The van der Waals surface area contributed by atoms with Crippen molar-refractivity contribution in [3.63, 3.8) is 0 Å². The summed E-state index contributed by atoms with van der Waals surface area (Å²) in [5.74, 6) is 0.00680. The van der Waals surface area contributed by atoms with Crippen molar-refractivity contribution < 1.29 is 13.9 Å². The minimum Gasteiger partial charge on any atom is -0.495 e. The second-order valence-electron chi connectivity index (χ2n) is 8.23. The molecular formula is C24H24FN7O2. The molecule has 174 valence electrons. The summed E-state index contributed by atoms with van der Waals surface area (Å²) in [6, 6.07) is 4.96. The fraction of sp³-hybridized carbons (Fsp3) is 0.292. The van der Waals surface area contributed by atoms with Crippen molar-refractivity contribution >= 4 is 34.1 Å². The molecule has 1 fully saturated rings. The molecule has 0 amide bonds. The van der Waals surface area contributed by atoms with Gasteiger partial charge in [-0.2, -0.15) is 4.39 Å². The van der Waals surface area contributed by atoms with Crippen molar-refractivity contribution in [3.8, 4) is 5.75 Å². The van der Waals surface area contributed by atoms with E-state index in [0.717, 1.165) is 25.7 Å². The van der Waals surface area contributed by atoms with Crippen LogP contribution in [0.2, 0.25) is 0 Å². The zero-order valence-electron chi connectivity index (χ0n) is 18.6. The number of fused-ring (bicyclic) bond motifs is 1. The number of nitrogens with zero attached hydrogens (tertiary/aromatic N) is 4. The van der Waals surface area contributed by atoms with E-state index in [1.54, 1.807) is 30.7 Å². The topological polar surface area (TPSA) is 118 Å². The molecule has 0 unspecified atom stereocenters. The van der Waals surface area contributed by atoms with Crippen LogP contribution in [0.3, 0.4) is 0 Å². The van der Waals surface area contributed by atoms with E-state index in [2.05, 4.69) is 35.6 Å². The summed E-state index contributed by atoms with van der Waals surface area (Å²) in [7, 11) is 1.53. The van der Waals surface area contributed by atoms with Crippen LogP contribution in [-0.2, 0) is 0 Å². The van der Waals surface area contributed by atoms with Gasteiger partial charge in [0, 0.05) is 18.3 Å². The van der Waals surface area contributed by atoms with Crippen LogP contribution in [0, 0.1) is 5.95 Å². The lowest BCUT2D eigenvalue weighted by atomic mass is 9.95. The number of nitrogens with one attached hydrogen (secondary N) is 3. The molecule has 5 rings (SSSR count). The highest BCUT2D eigenvalue weighted by molar-refractivity contribution is 6.18. The van der Waals surface area contributed by atoms with E-state index in [-0.39, 0.29) is 11.4 Å². The Labute approximate surface area is 195 Å². The number of rotatable bonds is 7. The lowest BCUT2D eigenvalue weighted by Gasteiger charge is -2.23. The molecule has 0 bridgehead atoms. The second-order valence-corrected chi connectivity index (χ2v) is 8.23. The Morgan fingerprint density at radius 2 is 2.00 bits per heavy atom. The Kier molecular flexibility index (Phi) is 6.03. The number of hydrogen-bond acceptors (Lipinski definition) is 8. The van der Waals surface area contributed by atoms with Crippen LogP contribution in [0.15, 0.2) is 43.1 Å². The maximum atomic E-state index is 14.9. The van der Waals surface area contributed by atoms with Gasteiger partial charge in [0.05, 0.1) is 41.7 Å². The molecule has 4 heterocycles. The van der Waals surface area contributed by atoms with Gasteiger partial charge in [-0.15, -0.1) is 0 Å². The van der Waals surface area contributed by atoms with Crippen LogP contribution in [0.4, 0.5) is 21.7 Å². The molecule has 4 aromatic rings. The van der Waals surface area contributed by atoms with E-state index in [1.807, 2.05) is 0 Å². The number of ketones is 1. The number of H-pyrrole nitrogens is 1. The van der Waals surface area contributed by atoms with Gasteiger partial charge in [0.2, 0.25) is 5.95 Å². The summed E-state index contributed by atoms with van der Waals surface area (Å²) in [6.07, 6.45) is 11.8. The highest BCUT2D eigenvalue weighted by Gasteiger charge is 2.23. The zero-order valence-corrected chi connectivity index (χ0v) is 18.6. The number of aromatic nitrogens is 5. The lowest BCUT2D eigenvalue weighted by Crippen LogP contribution is -2.23. The average molecular weight is 462 g/mol. The average Bonchev–Trinajstić information content (AvgIpc) is 3.30. The highest BCUT2D eigenvalue weighted by atomic mass is 19.1. The van der Waals surface area contributed by atoms with Gasteiger partial charge in [-0.05, 0) is 25.0 Å². The predicted octanol–water partition coefficient (Wildman–Crippen LogP) is 4.61. The number of carbonyl (C=O) groups is 1. The van der Waals surface area contributed by atoms with E-state index >= 15 is 0 Å². The second kappa shape index (κ2) is 9.42. The number of hydrogen-bond donors (Lipinski definition) is 3. The van der Waals surface area contributed by atoms with Crippen LogP contribution < -0.4 is 15.4 Å². The Morgan fingerprint density at radius 1 is 1.15 bits per heavy atom. The third kappa shape index (κ3) is 4.39. The SMILES string of the molecule is COc1cncc(Nc2ccc(C(=O)c3c[nH]c4ncnc(NC5CCCCC5)c34)c(F)n2)c1. The number of ether oxygens (including phenoxy) is 1. The summed E-state index contributed by atoms with van der Waals surface area (Å²) in [5.41, 5.74) is 1.27. The monoisotopic (exact) mass is 461 g/mol. The Bertz CT molecular complexity index is 1330. The van der Waals surface area contributed by atoms with Crippen molar-refractivity contribution in [1.29, 1.82) is 0 Å². The molecule has 0 aliphatic heterocycles. The van der Waals surface area contributed by atoms with Gasteiger partial charge in [-0.1, -0.05) is 19.3 Å². The summed E-state index contributed by atoms with van der Waals surface area (Å²) in [6.45, 7) is 0. The van der Waals surface area contributed by atoms with Crippen LogP contribution in [0.25, 0.3) is 11.0 Å². The first kappa shape index (κ1) is 21.7. The lowest BCUT2D eigenvalue weighted by molar-refractivity contribution is 0.103. The minimum atomic E-state index is -0.876. The van der Waals surface area contributed by atoms with E-state index in [0.29, 0.717) is 39.9 Å². The van der Waals surface area contributed by atoms with Crippen molar-refractivity contribution in [2.24, 2.45) is 0 Å². The smallest absolute Gasteiger partial charge is 0.226 e. The van der Waals surface area contributed by atoms with Crippen LogP contribution in [0.5, 0.6) is 5.75 Å². The number of anilines is 3. The summed E-state index contributed by atoms with van der Waals surface area (Å²) in [4.78, 5) is 32.9. The first-order valence-electron chi connectivity index (χ1n) is 11.2. The van der Waals surface area contributed by atoms with Crippen molar-refractivity contribution in [3.05, 3.63) is 60.2 Å². The number of aromatic amines is 1. The maximum Gasteiger partial charge on any atom is 0.226 e. The quantitative estimate of drug-likeness (QED) is 0.270. The third-order valence-corrected chi connectivity index (χ3v) is 5.98. The fourth-order valence-corrected chi connectivity index (χ4v) is 4.26. The van der Waals surface area contributed by atoms with Crippen LogP contribution in [0.1, 0.15) is 48.0 Å². The molecule has 0 atom stereocenters. The normalized spacial score (nSPS) is 14.2. The van der Waals surface area contributed by atoms with Gasteiger partial charge in [0.25, 0.3) is 0 Å². The van der Waals surface area contributed by atoms with Gasteiger partial charge < -0.3 is 20.4 Å². The van der Waals surface area contributed by atoms with Crippen molar-refractivity contribution in [2.45, 2.75) is 38.1 Å². The van der Waals surface area contributed by atoms with Gasteiger partial charge in [-0.3, -0.25) is 9.78 Å². The van der Waals surface area contributed by atoms with Gasteiger partial charge in [0.15, 0.2) is 5.78 Å². The molecule has 34 heavy (non-hydrogen) atoms. The predicted molar refractivity (Wildman–Crippen MR) is 126 cm³/mol. The standard InChI is InChI=1S/C24H24FN7O2/c1-34-16-9-15(10-26-11-16)30-19-8-7-17(22(25)32-19)21(33)18-12-27-23-20(18)24(29-13-28-23)31-14-5-3-2-4-6-14/h7-14H,2-6H2,1H3,(H,30,32)(H2,27,28,29,31). The van der Waals surface area contributed by atoms with Crippen LogP contribution in [-0.4, -0.2) is 43.9 Å². The highest BCUT2D eigenvalue weighted by Crippen LogP contribution is 2.29. The third-order valence-electron chi connectivity index (χ3n) is 5.98. The molecule has 10 heteroatoms. The molecule has 4 aromatic heterocycles. The van der Waals surface area contributed by atoms with Gasteiger partial charge in [0.1, 0.15) is 29.4 Å². The molecule has 1 saturated carbocycles. The molecule has 0 spiro atoms. The molecular weight excluding hydrogens is 437 g/mol. The first-order chi connectivity index (χ1) is 16.6. The van der Waals surface area contributed by atoms with E-state index in [1.165, 1.54) is 25.9 Å². The van der Waals surface area contributed by atoms with Gasteiger partial charge >= 0.3 is 0 Å². The van der Waals surface area contributed by atoms with Gasteiger partial charge in [-0.25, -0.2) is 15.0 Å². The zero-order chi connectivity index (χ0) is 23.5. The molecule has 1 aliphatic rings. The van der Waals surface area contributed by atoms with E-state index in [4.69, 9.17) is 4.74 Å². The summed E-state index contributed by atoms with van der Waals surface area (Å²) in [5, 5.41) is 6.98. The molecule has 0 radical (unpaired) electrons. The van der Waals surface area contributed by atoms with Crippen LogP contribution >= 0.6 is 0 Å². The number of methoxy groups -OCH3 is 1. The first-order valence-corrected chi connectivity index (χ1v) is 11.2. The Hall–Kier alpha value is -4.08. The number of carbonyl (C=O) groups excluding carboxylic acids is 1. The number of pyridine rings is 2. The summed E-state index contributed by atoms with van der Waals surface area (Å²) < 4.78 is 20.1. The maximum absolute atomic E-state index is 14.9. The molecule has 0 aromatic carbocycles. The number of halogens is 1.